The second-order valence-corrected chi connectivity index (χ2v) is 5.34. The molecular formula is C14H21N3O. The van der Waals surface area contributed by atoms with Crippen LogP contribution in [0.5, 0.6) is 0 Å². The number of carbonyl (C=O) groups excluding carboxylic acids is 1. The Morgan fingerprint density at radius 3 is 2.72 bits per heavy atom. The van der Waals surface area contributed by atoms with Crippen molar-refractivity contribution < 1.29 is 4.79 Å². The van der Waals surface area contributed by atoms with Crippen LogP contribution in [0.15, 0.2) is 18.2 Å². The number of para-hydroxylation sites is 1. The van der Waals surface area contributed by atoms with E-state index in [4.69, 9.17) is 11.5 Å². The third kappa shape index (κ3) is 2.28. The zero-order valence-electron chi connectivity index (χ0n) is 11.0. The third-order valence-corrected chi connectivity index (χ3v) is 3.86. The second kappa shape index (κ2) is 4.88. The summed E-state index contributed by atoms with van der Waals surface area (Å²) in [5.74, 6) is 0.908. The molecule has 4 nitrogen and oxygen atoms in total. The molecule has 1 fully saturated rings. The van der Waals surface area contributed by atoms with Crippen molar-refractivity contribution in [1.29, 1.82) is 0 Å². The van der Waals surface area contributed by atoms with E-state index in [2.05, 4.69) is 18.7 Å². The molecule has 1 aromatic rings. The third-order valence-electron chi connectivity index (χ3n) is 3.86. The van der Waals surface area contributed by atoms with Gasteiger partial charge in [-0.25, -0.2) is 0 Å². The summed E-state index contributed by atoms with van der Waals surface area (Å²) in [5, 5.41) is 0. The lowest BCUT2D eigenvalue weighted by Crippen LogP contribution is -2.23. The van der Waals surface area contributed by atoms with E-state index in [0.717, 1.165) is 18.8 Å². The summed E-state index contributed by atoms with van der Waals surface area (Å²) in [6.07, 6.45) is 1.18. The SMILES string of the molecule is CC(C)C1CCN(c2cccc(C(N)=O)c2N)C1. The number of rotatable bonds is 3. The van der Waals surface area contributed by atoms with Crippen molar-refractivity contribution in [3.8, 4) is 0 Å². The first-order valence-electron chi connectivity index (χ1n) is 6.44. The van der Waals surface area contributed by atoms with Crippen LogP contribution in [0.3, 0.4) is 0 Å². The molecule has 4 heteroatoms. The van der Waals surface area contributed by atoms with Gasteiger partial charge in [0, 0.05) is 13.1 Å². The maximum absolute atomic E-state index is 11.3. The van der Waals surface area contributed by atoms with Gasteiger partial charge in [-0.3, -0.25) is 4.79 Å². The van der Waals surface area contributed by atoms with Crippen LogP contribution in [0.25, 0.3) is 0 Å². The molecule has 1 saturated heterocycles. The second-order valence-electron chi connectivity index (χ2n) is 5.34. The smallest absolute Gasteiger partial charge is 0.250 e. The Hall–Kier alpha value is -1.71. The highest BCUT2D eigenvalue weighted by atomic mass is 16.1. The molecule has 0 bridgehead atoms. The van der Waals surface area contributed by atoms with E-state index in [0.29, 0.717) is 23.1 Å². The minimum atomic E-state index is -0.464. The van der Waals surface area contributed by atoms with Crippen molar-refractivity contribution in [2.24, 2.45) is 17.6 Å². The highest BCUT2D eigenvalue weighted by molar-refractivity contribution is 6.00. The molecule has 1 amide bonds. The number of amides is 1. The number of nitrogen functional groups attached to an aromatic ring is 1. The van der Waals surface area contributed by atoms with Crippen molar-refractivity contribution in [2.45, 2.75) is 20.3 Å². The molecule has 1 aliphatic heterocycles. The van der Waals surface area contributed by atoms with Gasteiger partial charge in [0.15, 0.2) is 0 Å². The molecule has 0 radical (unpaired) electrons. The Morgan fingerprint density at radius 1 is 1.44 bits per heavy atom. The quantitative estimate of drug-likeness (QED) is 0.801. The monoisotopic (exact) mass is 247 g/mol. The molecule has 0 saturated carbocycles. The lowest BCUT2D eigenvalue weighted by Gasteiger charge is -2.22. The largest absolute Gasteiger partial charge is 0.396 e. The van der Waals surface area contributed by atoms with Gasteiger partial charge in [-0.15, -0.1) is 0 Å². The van der Waals surface area contributed by atoms with Gasteiger partial charge >= 0.3 is 0 Å². The molecule has 1 atom stereocenters. The standard InChI is InChI=1S/C14H21N3O/c1-9(2)10-6-7-17(8-10)12-5-3-4-11(13(12)15)14(16)18/h3-5,9-10H,6-8,15H2,1-2H3,(H2,16,18). The number of hydrogen-bond acceptors (Lipinski definition) is 3. The molecular weight excluding hydrogens is 226 g/mol. The number of hydrogen-bond donors (Lipinski definition) is 2. The van der Waals surface area contributed by atoms with Gasteiger partial charge in [-0.05, 0) is 30.4 Å². The predicted octanol–water partition coefficient (Wildman–Crippen LogP) is 1.85. The molecule has 0 spiro atoms. The minimum Gasteiger partial charge on any atom is -0.396 e. The average Bonchev–Trinajstić information content (AvgIpc) is 2.78. The number of nitrogens with two attached hydrogens (primary N) is 2. The summed E-state index contributed by atoms with van der Waals surface area (Å²) in [6.45, 7) is 6.49. The number of benzene rings is 1. The fourth-order valence-electron chi connectivity index (χ4n) is 2.59. The number of primary amides is 1. The van der Waals surface area contributed by atoms with Crippen molar-refractivity contribution in [3.05, 3.63) is 23.8 Å². The first kappa shape index (κ1) is 12.7. The topological polar surface area (TPSA) is 72.3 Å². The Kier molecular flexibility index (Phi) is 3.45. The van der Waals surface area contributed by atoms with E-state index in [1.54, 1.807) is 6.07 Å². The molecule has 0 aromatic heterocycles. The van der Waals surface area contributed by atoms with E-state index in [9.17, 15) is 4.79 Å². The molecule has 1 aliphatic rings. The number of nitrogens with zero attached hydrogens (tertiary/aromatic N) is 1. The van der Waals surface area contributed by atoms with Gasteiger partial charge in [0.05, 0.1) is 16.9 Å². The maximum atomic E-state index is 11.3. The summed E-state index contributed by atoms with van der Waals surface area (Å²) >= 11 is 0. The Labute approximate surface area is 108 Å². The Balaban J connectivity index is 2.25. The van der Waals surface area contributed by atoms with Crippen LogP contribution in [0.1, 0.15) is 30.6 Å². The fourth-order valence-corrected chi connectivity index (χ4v) is 2.59. The highest BCUT2D eigenvalue weighted by Gasteiger charge is 2.26. The predicted molar refractivity (Wildman–Crippen MR) is 74.5 cm³/mol. The van der Waals surface area contributed by atoms with E-state index in [-0.39, 0.29) is 0 Å². The summed E-state index contributed by atoms with van der Waals surface area (Å²) in [7, 11) is 0. The number of anilines is 2. The van der Waals surface area contributed by atoms with Crippen molar-refractivity contribution in [3.63, 3.8) is 0 Å². The first-order chi connectivity index (χ1) is 8.50. The van der Waals surface area contributed by atoms with Crippen molar-refractivity contribution >= 4 is 17.3 Å². The van der Waals surface area contributed by atoms with Gasteiger partial charge in [0.2, 0.25) is 0 Å². The maximum Gasteiger partial charge on any atom is 0.250 e. The molecule has 0 aliphatic carbocycles. The summed E-state index contributed by atoms with van der Waals surface area (Å²) in [6, 6.07) is 5.48. The van der Waals surface area contributed by atoms with Crippen LogP contribution < -0.4 is 16.4 Å². The van der Waals surface area contributed by atoms with Gasteiger partial charge < -0.3 is 16.4 Å². The lowest BCUT2D eigenvalue weighted by atomic mass is 9.95. The minimum absolute atomic E-state index is 0.417. The zero-order chi connectivity index (χ0) is 13.3. The van der Waals surface area contributed by atoms with Crippen LogP contribution in [0.2, 0.25) is 0 Å². The van der Waals surface area contributed by atoms with Crippen LogP contribution >= 0.6 is 0 Å². The average molecular weight is 247 g/mol. The highest BCUT2D eigenvalue weighted by Crippen LogP contribution is 2.33. The molecule has 98 valence electrons. The molecule has 18 heavy (non-hydrogen) atoms. The van der Waals surface area contributed by atoms with Gasteiger partial charge in [-0.1, -0.05) is 19.9 Å². The fraction of sp³-hybridized carbons (Fsp3) is 0.500. The van der Waals surface area contributed by atoms with Gasteiger partial charge in [0.25, 0.3) is 5.91 Å². The van der Waals surface area contributed by atoms with Crippen LogP contribution in [0, 0.1) is 11.8 Å². The first-order valence-corrected chi connectivity index (χ1v) is 6.44. The molecule has 1 aromatic carbocycles. The summed E-state index contributed by atoms with van der Waals surface area (Å²) < 4.78 is 0. The van der Waals surface area contributed by atoms with Crippen LogP contribution in [-0.4, -0.2) is 19.0 Å². The summed E-state index contributed by atoms with van der Waals surface area (Å²) in [5.41, 5.74) is 13.2. The zero-order valence-corrected chi connectivity index (χ0v) is 11.0. The number of carbonyl (C=O) groups is 1. The molecule has 1 heterocycles. The van der Waals surface area contributed by atoms with Crippen LogP contribution in [-0.2, 0) is 0 Å². The Morgan fingerprint density at radius 2 is 2.17 bits per heavy atom. The van der Waals surface area contributed by atoms with E-state index in [1.807, 2.05) is 12.1 Å². The normalized spacial score (nSPS) is 19.5. The van der Waals surface area contributed by atoms with Crippen LogP contribution in [0.4, 0.5) is 11.4 Å². The van der Waals surface area contributed by atoms with Gasteiger partial charge in [-0.2, -0.15) is 0 Å². The Bertz CT molecular complexity index is 456. The van der Waals surface area contributed by atoms with E-state index < -0.39 is 5.91 Å². The molecule has 4 N–H and O–H groups in total. The lowest BCUT2D eigenvalue weighted by molar-refractivity contribution is 0.100. The molecule has 1 unspecified atom stereocenters. The molecule has 2 rings (SSSR count). The van der Waals surface area contributed by atoms with E-state index in [1.165, 1.54) is 6.42 Å². The van der Waals surface area contributed by atoms with E-state index >= 15 is 0 Å². The summed E-state index contributed by atoms with van der Waals surface area (Å²) in [4.78, 5) is 13.5. The van der Waals surface area contributed by atoms with Gasteiger partial charge in [0.1, 0.15) is 0 Å². The van der Waals surface area contributed by atoms with Crippen molar-refractivity contribution in [1.82, 2.24) is 0 Å². The van der Waals surface area contributed by atoms with Crippen molar-refractivity contribution in [2.75, 3.05) is 23.7 Å².